The second kappa shape index (κ2) is 6.04. The number of hydrogen-bond acceptors (Lipinski definition) is 3. The average Bonchev–Trinajstić information content (AvgIpc) is 2.76. The molecule has 1 saturated heterocycles. The third-order valence-corrected chi connectivity index (χ3v) is 3.97. The highest BCUT2D eigenvalue weighted by molar-refractivity contribution is 9.10. The van der Waals surface area contributed by atoms with E-state index in [0.29, 0.717) is 6.42 Å². The lowest BCUT2D eigenvalue weighted by atomic mass is 10.0. The summed E-state index contributed by atoms with van der Waals surface area (Å²) in [5.41, 5.74) is 1.08. The summed E-state index contributed by atoms with van der Waals surface area (Å²) in [6.45, 7) is 2.05. The van der Waals surface area contributed by atoms with Gasteiger partial charge in [0.05, 0.1) is 29.9 Å². The van der Waals surface area contributed by atoms with Crippen molar-refractivity contribution in [1.29, 1.82) is 0 Å². The van der Waals surface area contributed by atoms with Crippen molar-refractivity contribution in [2.24, 2.45) is 0 Å². The van der Waals surface area contributed by atoms with Crippen molar-refractivity contribution in [2.45, 2.75) is 44.5 Å². The fourth-order valence-electron chi connectivity index (χ4n) is 2.33. The molecule has 0 spiro atoms. The van der Waals surface area contributed by atoms with Crippen molar-refractivity contribution >= 4 is 15.9 Å². The lowest BCUT2D eigenvalue weighted by Gasteiger charge is -2.18. The second-order valence-electron chi connectivity index (χ2n) is 4.80. The van der Waals surface area contributed by atoms with Crippen LogP contribution in [0.15, 0.2) is 22.7 Å². The number of methoxy groups -OCH3 is 1. The third kappa shape index (κ3) is 3.25. The summed E-state index contributed by atoms with van der Waals surface area (Å²) >= 11 is 3.45. The quantitative estimate of drug-likeness (QED) is 0.928. The number of aliphatic hydroxyl groups excluding tert-OH is 1. The third-order valence-electron chi connectivity index (χ3n) is 3.36. The van der Waals surface area contributed by atoms with Gasteiger partial charge in [-0.2, -0.15) is 0 Å². The maximum absolute atomic E-state index is 10.2. The Hall–Kier alpha value is -0.580. The molecular weight excluding hydrogens is 296 g/mol. The first-order chi connectivity index (χ1) is 8.60. The van der Waals surface area contributed by atoms with E-state index in [1.54, 1.807) is 7.11 Å². The molecule has 18 heavy (non-hydrogen) atoms. The summed E-state index contributed by atoms with van der Waals surface area (Å²) in [6.07, 6.45) is 2.40. The molecule has 1 aromatic carbocycles. The van der Waals surface area contributed by atoms with Crippen molar-refractivity contribution in [3.05, 3.63) is 28.2 Å². The highest BCUT2D eigenvalue weighted by Crippen LogP contribution is 2.28. The first kappa shape index (κ1) is 13.8. The average molecular weight is 315 g/mol. The predicted octanol–water partition coefficient (Wildman–Crippen LogP) is 2.93. The standard InChI is InChI=1S/C14H19BrO3/c1-9-3-5-14(18-9)12(16)8-10-4-6-13(17-2)11(15)7-10/h4,6-7,9,12,14,16H,3,5,8H2,1-2H3. The van der Waals surface area contributed by atoms with Gasteiger partial charge in [0.25, 0.3) is 0 Å². The molecule has 0 amide bonds. The van der Waals surface area contributed by atoms with Crippen molar-refractivity contribution in [1.82, 2.24) is 0 Å². The zero-order chi connectivity index (χ0) is 13.1. The van der Waals surface area contributed by atoms with Crippen LogP contribution in [0.4, 0.5) is 0 Å². The van der Waals surface area contributed by atoms with E-state index in [4.69, 9.17) is 9.47 Å². The summed E-state index contributed by atoms with van der Waals surface area (Å²) in [5, 5.41) is 10.2. The monoisotopic (exact) mass is 314 g/mol. The zero-order valence-corrected chi connectivity index (χ0v) is 12.3. The van der Waals surface area contributed by atoms with Crippen LogP contribution in [-0.2, 0) is 11.2 Å². The van der Waals surface area contributed by atoms with Crippen LogP contribution in [0.25, 0.3) is 0 Å². The maximum atomic E-state index is 10.2. The van der Waals surface area contributed by atoms with Crippen LogP contribution in [0.2, 0.25) is 0 Å². The minimum absolute atomic E-state index is 0.0270. The molecule has 0 aromatic heterocycles. The van der Waals surface area contributed by atoms with Gasteiger partial charge in [-0.1, -0.05) is 6.07 Å². The topological polar surface area (TPSA) is 38.7 Å². The van der Waals surface area contributed by atoms with Crippen LogP contribution in [0.1, 0.15) is 25.3 Å². The van der Waals surface area contributed by atoms with E-state index in [9.17, 15) is 5.11 Å². The Morgan fingerprint density at radius 3 is 2.83 bits per heavy atom. The largest absolute Gasteiger partial charge is 0.496 e. The van der Waals surface area contributed by atoms with Crippen molar-refractivity contribution in [3.63, 3.8) is 0 Å². The Bertz CT molecular complexity index is 408. The van der Waals surface area contributed by atoms with Gasteiger partial charge in [-0.05, 0) is 53.4 Å². The summed E-state index contributed by atoms with van der Waals surface area (Å²) in [4.78, 5) is 0. The lowest BCUT2D eigenvalue weighted by molar-refractivity contribution is -0.0278. The molecule has 0 radical (unpaired) electrons. The maximum Gasteiger partial charge on any atom is 0.133 e. The minimum Gasteiger partial charge on any atom is -0.496 e. The van der Waals surface area contributed by atoms with Gasteiger partial charge in [-0.25, -0.2) is 0 Å². The molecule has 0 saturated carbocycles. The summed E-state index contributed by atoms with van der Waals surface area (Å²) in [5.74, 6) is 0.805. The van der Waals surface area contributed by atoms with Crippen LogP contribution in [0.5, 0.6) is 5.75 Å². The molecule has 4 heteroatoms. The zero-order valence-electron chi connectivity index (χ0n) is 10.7. The number of hydrogen-bond donors (Lipinski definition) is 1. The summed E-state index contributed by atoms with van der Waals surface area (Å²) in [7, 11) is 1.64. The van der Waals surface area contributed by atoms with Crippen LogP contribution in [0, 0.1) is 0 Å². The minimum atomic E-state index is -0.435. The first-order valence-electron chi connectivity index (χ1n) is 6.26. The van der Waals surface area contributed by atoms with E-state index in [-0.39, 0.29) is 12.2 Å². The molecule has 3 nitrogen and oxygen atoms in total. The van der Waals surface area contributed by atoms with Gasteiger partial charge in [0.2, 0.25) is 0 Å². The molecule has 1 aliphatic rings. The van der Waals surface area contributed by atoms with Gasteiger partial charge in [0.15, 0.2) is 0 Å². The fourth-order valence-corrected chi connectivity index (χ4v) is 2.91. The van der Waals surface area contributed by atoms with Gasteiger partial charge >= 0.3 is 0 Å². The highest BCUT2D eigenvalue weighted by Gasteiger charge is 2.28. The van der Waals surface area contributed by atoms with Gasteiger partial charge < -0.3 is 14.6 Å². The Morgan fingerprint density at radius 2 is 2.28 bits per heavy atom. The molecule has 3 unspecified atom stereocenters. The Labute approximate surface area is 116 Å². The van der Waals surface area contributed by atoms with Gasteiger partial charge in [0, 0.05) is 6.42 Å². The molecule has 0 bridgehead atoms. The van der Waals surface area contributed by atoms with Crippen LogP contribution < -0.4 is 4.74 Å². The number of halogens is 1. The SMILES string of the molecule is COc1ccc(CC(O)C2CCC(C)O2)cc1Br. The van der Waals surface area contributed by atoms with Crippen LogP contribution >= 0.6 is 15.9 Å². The van der Waals surface area contributed by atoms with E-state index >= 15 is 0 Å². The summed E-state index contributed by atoms with van der Waals surface area (Å²) in [6, 6.07) is 5.87. The van der Waals surface area contributed by atoms with Crippen molar-refractivity contribution < 1.29 is 14.6 Å². The molecule has 3 atom stereocenters. The molecule has 100 valence electrons. The van der Waals surface area contributed by atoms with E-state index in [1.807, 2.05) is 18.2 Å². The van der Waals surface area contributed by atoms with Gasteiger partial charge in [-0.3, -0.25) is 0 Å². The van der Waals surface area contributed by atoms with Gasteiger partial charge in [-0.15, -0.1) is 0 Å². The molecule has 1 aliphatic heterocycles. The smallest absolute Gasteiger partial charge is 0.133 e. The van der Waals surface area contributed by atoms with Crippen LogP contribution in [-0.4, -0.2) is 30.5 Å². The number of rotatable bonds is 4. The molecule has 1 fully saturated rings. The van der Waals surface area contributed by atoms with Crippen molar-refractivity contribution in [3.8, 4) is 5.75 Å². The highest BCUT2D eigenvalue weighted by atomic mass is 79.9. The molecule has 1 N–H and O–H groups in total. The van der Waals surface area contributed by atoms with Crippen molar-refractivity contribution in [2.75, 3.05) is 7.11 Å². The van der Waals surface area contributed by atoms with Gasteiger partial charge in [0.1, 0.15) is 5.75 Å². The number of benzene rings is 1. The molecule has 1 heterocycles. The van der Waals surface area contributed by atoms with E-state index in [0.717, 1.165) is 28.6 Å². The lowest BCUT2D eigenvalue weighted by Crippen LogP contribution is -2.28. The number of ether oxygens (including phenoxy) is 2. The normalized spacial score (nSPS) is 25.1. The fraction of sp³-hybridized carbons (Fsp3) is 0.571. The van der Waals surface area contributed by atoms with E-state index in [2.05, 4.69) is 22.9 Å². The first-order valence-corrected chi connectivity index (χ1v) is 7.05. The molecular formula is C14H19BrO3. The van der Waals surface area contributed by atoms with E-state index in [1.165, 1.54) is 0 Å². The summed E-state index contributed by atoms with van der Waals surface area (Å²) < 4.78 is 11.8. The Morgan fingerprint density at radius 1 is 1.50 bits per heavy atom. The molecule has 2 rings (SSSR count). The Balaban J connectivity index is 1.98. The molecule has 1 aromatic rings. The van der Waals surface area contributed by atoms with Crippen LogP contribution in [0.3, 0.4) is 0 Å². The Kier molecular flexibility index (Phi) is 4.65. The number of aliphatic hydroxyl groups is 1. The molecule has 0 aliphatic carbocycles. The predicted molar refractivity (Wildman–Crippen MR) is 74.0 cm³/mol. The second-order valence-corrected chi connectivity index (χ2v) is 5.66. The van der Waals surface area contributed by atoms with E-state index < -0.39 is 6.10 Å².